The average Bonchev–Trinajstić information content (AvgIpc) is 3.77. The molecule has 5 N–H and O–H groups in total. The van der Waals surface area contributed by atoms with E-state index in [2.05, 4.69) is 109 Å². The Labute approximate surface area is 484 Å². The zero-order valence-electron chi connectivity index (χ0n) is 48.2. The minimum atomic E-state index is -0.516. The number of anilines is 6. The SMILES string of the molecule is [C-]#[N+]c1c(N)sc2c1C(C)(c1cnn(-c3cc(N4CCN(C(=O)OC(C)(C)C)CC4)cc(N4CCN(C)CC4)n3)c1)CCC2.[C-]#[N+]c1c(N)sc2c1C(C)(c1cnn(-c3cc(N4CCNCC4)cc(N4CCN(C)CC4)n3)c1)CCC2. The lowest BCUT2D eigenvalue weighted by Crippen LogP contribution is -2.50. The van der Waals surface area contributed by atoms with E-state index >= 15 is 0 Å². The summed E-state index contributed by atoms with van der Waals surface area (Å²) in [4.78, 5) is 49.1. The van der Waals surface area contributed by atoms with E-state index in [4.69, 9.17) is 49.5 Å². The molecule has 4 aliphatic heterocycles. The third-order valence-corrected chi connectivity index (χ3v) is 19.5. The van der Waals surface area contributed by atoms with Gasteiger partial charge in [-0.15, -0.1) is 22.7 Å². The van der Waals surface area contributed by atoms with Crippen LogP contribution in [0.5, 0.6) is 0 Å². The van der Waals surface area contributed by atoms with Crippen LogP contribution in [0.4, 0.5) is 49.2 Å². The van der Waals surface area contributed by atoms with Crippen molar-refractivity contribution in [1.29, 1.82) is 0 Å². The topological polar surface area (TPSA) is 183 Å². The molecule has 6 aromatic heterocycles. The number of carbonyl (C=O) groups excluding carboxylic acids is 1. The van der Waals surface area contributed by atoms with Gasteiger partial charge in [0.25, 0.3) is 0 Å². The fourth-order valence-electron chi connectivity index (χ4n) is 12.6. The summed E-state index contributed by atoms with van der Waals surface area (Å²) >= 11 is 3.14. The lowest BCUT2D eigenvalue weighted by molar-refractivity contribution is 0.0240. The fourth-order valence-corrected chi connectivity index (χ4v) is 14.9. The van der Waals surface area contributed by atoms with Crippen LogP contribution < -0.4 is 36.4 Å². The largest absolute Gasteiger partial charge is 0.444 e. The van der Waals surface area contributed by atoms with E-state index in [9.17, 15) is 4.79 Å². The maximum absolute atomic E-state index is 12.7. The molecule has 12 rings (SSSR count). The Bertz CT molecular complexity index is 3330. The Morgan fingerprint density at radius 3 is 1.44 bits per heavy atom. The molecule has 20 nitrogen and oxygen atoms in total. The quantitative estimate of drug-likeness (QED) is 0.124. The number of thiophene rings is 2. The van der Waals surface area contributed by atoms with Crippen molar-refractivity contribution in [3.63, 3.8) is 0 Å². The molecule has 6 aliphatic rings. The van der Waals surface area contributed by atoms with Crippen molar-refractivity contribution in [2.75, 3.05) is 150 Å². The van der Waals surface area contributed by atoms with Gasteiger partial charge < -0.3 is 55.8 Å². The van der Waals surface area contributed by atoms with Gasteiger partial charge in [-0.05, 0) is 105 Å². The zero-order chi connectivity index (χ0) is 56.8. The summed E-state index contributed by atoms with van der Waals surface area (Å²) in [5, 5.41) is 14.4. The minimum absolute atomic E-state index is 0.261. The summed E-state index contributed by atoms with van der Waals surface area (Å²) in [5.41, 5.74) is 19.3. The van der Waals surface area contributed by atoms with Gasteiger partial charge in [-0.1, -0.05) is 13.8 Å². The number of nitrogens with one attached hydrogen (secondary N) is 1. The first-order valence-corrected chi connectivity index (χ1v) is 30.3. The first-order chi connectivity index (χ1) is 38.9. The summed E-state index contributed by atoms with van der Waals surface area (Å²) in [5.74, 6) is 3.55. The monoisotopic (exact) mass is 1130 g/mol. The molecular weight excluding hydrogens is 1060 g/mol. The van der Waals surface area contributed by atoms with Gasteiger partial charge in [0.15, 0.2) is 11.6 Å². The number of nitrogen functional groups attached to an aromatic ring is 2. The maximum atomic E-state index is 12.7. The highest BCUT2D eigenvalue weighted by Gasteiger charge is 2.41. The van der Waals surface area contributed by atoms with Gasteiger partial charge in [0.05, 0.1) is 35.5 Å². The first kappa shape index (κ1) is 55.9. The molecule has 0 radical (unpaired) electrons. The van der Waals surface area contributed by atoms with Gasteiger partial charge in [-0.2, -0.15) is 10.2 Å². The molecule has 81 heavy (non-hydrogen) atoms. The highest BCUT2D eigenvalue weighted by Crippen LogP contribution is 2.54. The Morgan fingerprint density at radius 1 is 0.617 bits per heavy atom. The normalized spacial score (nSPS) is 21.9. The highest BCUT2D eigenvalue weighted by molar-refractivity contribution is 7.17. The average molecular weight is 1140 g/mol. The molecule has 0 bridgehead atoms. The van der Waals surface area contributed by atoms with Gasteiger partial charge in [0.2, 0.25) is 11.4 Å². The summed E-state index contributed by atoms with van der Waals surface area (Å²) in [6.07, 6.45) is 13.8. The number of piperazine rings is 4. The van der Waals surface area contributed by atoms with E-state index in [0.717, 1.165) is 168 Å². The van der Waals surface area contributed by atoms with Crippen molar-refractivity contribution in [2.45, 2.75) is 89.6 Å². The van der Waals surface area contributed by atoms with Crippen LogP contribution in [0.1, 0.15) is 92.3 Å². The molecule has 2 atom stereocenters. The van der Waals surface area contributed by atoms with E-state index in [1.807, 2.05) is 42.5 Å². The van der Waals surface area contributed by atoms with Crippen molar-refractivity contribution in [3.05, 3.63) is 104 Å². The fraction of sp³-hybridized carbons (Fsp3) is 0.542. The van der Waals surface area contributed by atoms with Crippen molar-refractivity contribution >= 4 is 73.2 Å². The van der Waals surface area contributed by atoms with E-state index in [1.165, 1.54) is 15.4 Å². The standard InChI is InChI=1S/C32H43N9O2S.C27H35N9S/c1-31(2,3)43-30(42)40-16-14-38(15-17-40)23-18-25(39-12-10-37(6)11-13-39)36-26(19-23)41-21-22(20-35-41)32(4)9-7-8-24-27(32)28(34-5)29(33)44-24;1-27(6-4-5-21-24(27)25(29-2)26(28)37-21)19-17-31-36(18-19)23-16-20(34-9-7-30-8-10-34)15-22(32-23)35-13-11-33(3)12-14-35/h18-21H,7-17,33H2,1-4,6H3;15-18,30H,4-14,28H2,1,3H3. The van der Waals surface area contributed by atoms with Gasteiger partial charge >= 0.3 is 6.09 Å². The lowest BCUT2D eigenvalue weighted by atomic mass is 9.70. The third kappa shape index (κ3) is 11.4. The van der Waals surface area contributed by atoms with Crippen molar-refractivity contribution in [3.8, 4) is 11.6 Å². The van der Waals surface area contributed by atoms with Gasteiger partial charge in [0.1, 0.15) is 17.2 Å². The summed E-state index contributed by atoms with van der Waals surface area (Å²) in [6.45, 7) is 40.1. The zero-order valence-corrected chi connectivity index (χ0v) is 49.8. The van der Waals surface area contributed by atoms with Crippen LogP contribution in [0.3, 0.4) is 0 Å². The number of pyridine rings is 2. The molecule has 0 spiro atoms. The molecule has 428 valence electrons. The second-order valence-corrected chi connectivity index (χ2v) is 26.3. The number of amides is 1. The Kier molecular flexibility index (Phi) is 15.7. The molecule has 0 aromatic carbocycles. The van der Waals surface area contributed by atoms with Crippen molar-refractivity contribution in [2.24, 2.45) is 0 Å². The number of fused-ring (bicyclic) bond motifs is 2. The third-order valence-electron chi connectivity index (χ3n) is 17.4. The maximum Gasteiger partial charge on any atom is 0.410 e. The molecule has 22 heteroatoms. The van der Waals surface area contributed by atoms with E-state index in [-0.39, 0.29) is 16.9 Å². The second-order valence-electron chi connectivity index (χ2n) is 24.0. The first-order valence-electron chi connectivity index (χ1n) is 28.7. The molecule has 0 saturated carbocycles. The summed E-state index contributed by atoms with van der Waals surface area (Å²) < 4.78 is 9.42. The number of carbonyl (C=O) groups is 1. The van der Waals surface area contributed by atoms with Crippen LogP contribution >= 0.6 is 22.7 Å². The number of aryl methyl sites for hydroxylation is 2. The Balaban J connectivity index is 0.000000173. The lowest BCUT2D eigenvalue weighted by Gasteiger charge is -2.38. The molecule has 1 amide bonds. The van der Waals surface area contributed by atoms with Crippen molar-refractivity contribution in [1.82, 2.24) is 49.5 Å². The molecule has 6 aromatic rings. The number of nitrogens with zero attached hydrogens (tertiary/aromatic N) is 15. The van der Waals surface area contributed by atoms with Crippen LogP contribution in [-0.4, -0.2) is 175 Å². The van der Waals surface area contributed by atoms with Crippen LogP contribution in [0.2, 0.25) is 0 Å². The molecule has 2 unspecified atom stereocenters. The predicted octanol–water partition coefficient (Wildman–Crippen LogP) is 8.18. The molecule has 4 saturated heterocycles. The number of hydrogen-bond donors (Lipinski definition) is 3. The number of ether oxygens (including phenoxy) is 1. The van der Waals surface area contributed by atoms with Gasteiger partial charge in [-0.3, -0.25) is 0 Å². The second kappa shape index (κ2) is 22.8. The summed E-state index contributed by atoms with van der Waals surface area (Å²) in [7, 11) is 4.33. The summed E-state index contributed by atoms with van der Waals surface area (Å²) in [6, 6.07) is 8.69. The molecular formula is C59H78N18O2S2. The number of likely N-dealkylation sites (N-methyl/N-ethyl adjacent to an activating group) is 2. The molecule has 10 heterocycles. The van der Waals surface area contributed by atoms with Crippen LogP contribution in [0.25, 0.3) is 21.3 Å². The predicted molar refractivity (Wildman–Crippen MR) is 326 cm³/mol. The molecule has 2 aliphatic carbocycles. The molecule has 4 fully saturated rings. The van der Waals surface area contributed by atoms with Gasteiger partial charge in [-0.25, -0.2) is 33.8 Å². The number of aromatic nitrogens is 6. The smallest absolute Gasteiger partial charge is 0.410 e. The Hall–Kier alpha value is -6.95. The number of rotatable bonds is 8. The van der Waals surface area contributed by atoms with Gasteiger partial charge in [0, 0.05) is 164 Å². The minimum Gasteiger partial charge on any atom is -0.444 e. The van der Waals surface area contributed by atoms with Crippen LogP contribution in [-0.2, 0) is 28.4 Å². The highest BCUT2D eigenvalue weighted by atomic mass is 32.1. The number of hydrogen-bond acceptors (Lipinski definition) is 17. The van der Waals surface area contributed by atoms with E-state index < -0.39 is 5.60 Å². The Morgan fingerprint density at radius 2 is 1.02 bits per heavy atom. The number of nitrogens with two attached hydrogens (primary N) is 2. The van der Waals surface area contributed by atoms with Crippen LogP contribution in [0.15, 0.2) is 49.1 Å². The van der Waals surface area contributed by atoms with E-state index in [1.54, 1.807) is 27.6 Å². The van der Waals surface area contributed by atoms with Crippen molar-refractivity contribution < 1.29 is 9.53 Å². The van der Waals surface area contributed by atoms with E-state index in [0.29, 0.717) is 47.6 Å². The van der Waals surface area contributed by atoms with Crippen LogP contribution in [0, 0.1) is 13.1 Å².